The molecule has 0 aliphatic carbocycles. The topological polar surface area (TPSA) is 73.1 Å². The monoisotopic (exact) mass is 519 g/mol. The zero-order chi connectivity index (χ0) is 21.5. The van der Waals surface area contributed by atoms with E-state index in [1.807, 2.05) is 32.9 Å². The molecule has 1 saturated heterocycles. The van der Waals surface area contributed by atoms with E-state index < -0.39 is 5.60 Å². The van der Waals surface area contributed by atoms with Crippen molar-refractivity contribution in [3.63, 3.8) is 0 Å². The van der Waals surface area contributed by atoms with E-state index in [0.717, 1.165) is 44.3 Å². The Morgan fingerprint density at radius 3 is 2.63 bits per heavy atom. The van der Waals surface area contributed by atoms with Crippen LogP contribution in [0.4, 0.5) is 4.79 Å². The third kappa shape index (κ3) is 4.28. The van der Waals surface area contributed by atoms with Gasteiger partial charge in [0, 0.05) is 29.7 Å². The summed E-state index contributed by atoms with van der Waals surface area (Å²) >= 11 is 2.38. The molecule has 0 radical (unpaired) electrons. The number of likely N-dealkylation sites (tertiary alicyclic amines) is 1. The molecule has 0 saturated carbocycles. The summed E-state index contributed by atoms with van der Waals surface area (Å²) in [6.07, 6.45) is 3.21. The summed E-state index contributed by atoms with van der Waals surface area (Å²) in [7, 11) is 0. The number of benzene rings is 1. The van der Waals surface area contributed by atoms with Crippen LogP contribution in [0, 0.1) is 10.5 Å². The first-order valence-corrected chi connectivity index (χ1v) is 11.2. The summed E-state index contributed by atoms with van der Waals surface area (Å²) in [5.74, 6) is 0. The smallest absolute Gasteiger partial charge is 0.410 e. The number of ether oxygens (including phenoxy) is 1. The van der Waals surface area contributed by atoms with Gasteiger partial charge in [0.2, 0.25) is 0 Å². The van der Waals surface area contributed by atoms with Crippen LogP contribution in [0.2, 0.25) is 0 Å². The normalized spacial score (nSPS) is 15.6. The highest BCUT2D eigenvalue weighted by atomic mass is 127. The van der Waals surface area contributed by atoms with Crippen LogP contribution in [-0.2, 0) is 4.74 Å². The minimum atomic E-state index is -0.469. The van der Waals surface area contributed by atoms with E-state index >= 15 is 0 Å². The molecule has 8 heteroatoms. The van der Waals surface area contributed by atoms with Crippen molar-refractivity contribution in [2.75, 3.05) is 13.1 Å². The van der Waals surface area contributed by atoms with Crippen LogP contribution in [0.15, 0.2) is 30.5 Å². The summed E-state index contributed by atoms with van der Waals surface area (Å²) in [5.41, 5.74) is 3.63. The lowest BCUT2D eigenvalue weighted by molar-refractivity contribution is 0.0184. The van der Waals surface area contributed by atoms with Crippen LogP contribution in [-0.4, -0.2) is 49.7 Å². The number of hydrogen-bond acceptors (Lipinski definition) is 5. The van der Waals surface area contributed by atoms with Gasteiger partial charge < -0.3 is 9.64 Å². The molecule has 0 N–H and O–H groups in total. The first-order valence-electron chi connectivity index (χ1n) is 10.2. The largest absolute Gasteiger partial charge is 0.444 e. The summed E-state index contributed by atoms with van der Waals surface area (Å²) in [4.78, 5) is 14.1. The van der Waals surface area contributed by atoms with E-state index in [-0.39, 0.29) is 12.1 Å². The van der Waals surface area contributed by atoms with Crippen molar-refractivity contribution in [2.24, 2.45) is 0 Å². The maximum Gasteiger partial charge on any atom is 0.410 e. The number of fused-ring (bicyclic) bond motifs is 1. The Morgan fingerprint density at radius 2 is 1.93 bits per heavy atom. The summed E-state index contributed by atoms with van der Waals surface area (Å²) in [6.45, 7) is 9.17. The molecule has 0 unspecified atom stereocenters. The molecule has 158 valence electrons. The third-order valence-electron chi connectivity index (χ3n) is 5.33. The Kier molecular flexibility index (Phi) is 5.69. The van der Waals surface area contributed by atoms with E-state index in [4.69, 9.17) is 9.84 Å². The zero-order valence-electron chi connectivity index (χ0n) is 17.7. The summed E-state index contributed by atoms with van der Waals surface area (Å²) in [6, 6.07) is 8.40. The van der Waals surface area contributed by atoms with Gasteiger partial charge in [0.25, 0.3) is 0 Å². The average Bonchev–Trinajstić information content (AvgIpc) is 3.01. The number of amides is 1. The van der Waals surface area contributed by atoms with Crippen molar-refractivity contribution in [3.05, 3.63) is 39.7 Å². The fraction of sp³-hybridized carbons (Fsp3) is 0.455. The van der Waals surface area contributed by atoms with Crippen LogP contribution in [0.1, 0.15) is 45.3 Å². The predicted octanol–water partition coefficient (Wildman–Crippen LogP) is 4.98. The number of hydrogen-bond donors (Lipinski definition) is 0. The van der Waals surface area contributed by atoms with E-state index in [9.17, 15) is 4.79 Å². The molecule has 1 fully saturated rings. The van der Waals surface area contributed by atoms with Gasteiger partial charge in [-0.25, -0.2) is 4.79 Å². The SMILES string of the molecule is Cc1c(I)c(-c2ccc3nnccc3c2)nn1C1CCN(C(=O)OC(C)(C)C)CC1. The van der Waals surface area contributed by atoms with E-state index in [2.05, 4.69) is 56.5 Å². The Labute approximate surface area is 189 Å². The lowest BCUT2D eigenvalue weighted by Crippen LogP contribution is -2.42. The summed E-state index contributed by atoms with van der Waals surface area (Å²) in [5, 5.41) is 14.1. The predicted molar refractivity (Wildman–Crippen MR) is 124 cm³/mol. The first kappa shape index (κ1) is 21.0. The lowest BCUT2D eigenvalue weighted by Gasteiger charge is -2.33. The van der Waals surface area contributed by atoms with Crippen molar-refractivity contribution in [3.8, 4) is 11.3 Å². The maximum absolute atomic E-state index is 12.3. The standard InChI is InChI=1S/C22H26IN5O2/c1-14-19(23)20(16-5-6-18-15(13-16)7-10-24-25-18)26-28(14)17-8-11-27(12-9-17)21(29)30-22(2,3)4/h5-7,10,13,17H,8-9,11-12H2,1-4H3. The highest BCUT2D eigenvalue weighted by molar-refractivity contribution is 14.1. The summed E-state index contributed by atoms with van der Waals surface area (Å²) < 4.78 is 8.81. The van der Waals surface area contributed by atoms with Crippen LogP contribution in [0.5, 0.6) is 0 Å². The van der Waals surface area contributed by atoms with Gasteiger partial charge in [-0.1, -0.05) is 6.07 Å². The van der Waals surface area contributed by atoms with Crippen molar-refractivity contribution in [2.45, 2.75) is 52.2 Å². The van der Waals surface area contributed by atoms with Crippen molar-refractivity contribution in [1.29, 1.82) is 0 Å². The Balaban J connectivity index is 1.53. The molecule has 1 aliphatic heterocycles. The van der Waals surface area contributed by atoms with Gasteiger partial charge in [0.05, 0.1) is 21.3 Å². The maximum atomic E-state index is 12.3. The molecule has 0 bridgehead atoms. The van der Waals surface area contributed by atoms with Gasteiger partial charge in [0.1, 0.15) is 11.3 Å². The molecule has 4 rings (SSSR count). The van der Waals surface area contributed by atoms with Gasteiger partial charge in [-0.05, 0) is 81.3 Å². The molecule has 1 amide bonds. The number of aromatic nitrogens is 4. The molecule has 3 heterocycles. The molecule has 7 nitrogen and oxygen atoms in total. The van der Waals surface area contributed by atoms with Gasteiger partial charge in [-0.15, -0.1) is 0 Å². The van der Waals surface area contributed by atoms with Crippen molar-refractivity contribution in [1.82, 2.24) is 24.9 Å². The second-order valence-electron chi connectivity index (χ2n) is 8.70. The highest BCUT2D eigenvalue weighted by Crippen LogP contribution is 2.33. The average molecular weight is 519 g/mol. The molecule has 1 aromatic carbocycles. The number of piperidine rings is 1. The fourth-order valence-corrected chi connectivity index (χ4v) is 4.46. The van der Waals surface area contributed by atoms with Crippen molar-refractivity contribution < 1.29 is 9.53 Å². The minimum Gasteiger partial charge on any atom is -0.444 e. The molecule has 3 aromatic rings. The van der Waals surface area contributed by atoms with Crippen LogP contribution in [0.3, 0.4) is 0 Å². The van der Waals surface area contributed by atoms with E-state index in [1.165, 1.54) is 0 Å². The van der Waals surface area contributed by atoms with E-state index in [0.29, 0.717) is 13.1 Å². The molecule has 2 aromatic heterocycles. The van der Waals surface area contributed by atoms with Gasteiger partial charge in [0.15, 0.2) is 0 Å². The number of carbonyl (C=O) groups is 1. The highest BCUT2D eigenvalue weighted by Gasteiger charge is 2.29. The lowest BCUT2D eigenvalue weighted by atomic mass is 10.1. The number of nitrogens with zero attached hydrogens (tertiary/aromatic N) is 5. The van der Waals surface area contributed by atoms with Crippen LogP contribution in [0.25, 0.3) is 22.2 Å². The van der Waals surface area contributed by atoms with Crippen LogP contribution < -0.4 is 0 Å². The van der Waals surface area contributed by atoms with Crippen LogP contribution >= 0.6 is 22.6 Å². The second-order valence-corrected chi connectivity index (χ2v) is 9.77. The number of halogens is 1. The van der Waals surface area contributed by atoms with Gasteiger partial charge in [-0.2, -0.15) is 15.3 Å². The number of carbonyl (C=O) groups excluding carboxylic acids is 1. The Morgan fingerprint density at radius 1 is 1.20 bits per heavy atom. The molecular weight excluding hydrogens is 493 g/mol. The zero-order valence-corrected chi connectivity index (χ0v) is 19.9. The second kappa shape index (κ2) is 8.13. The molecule has 0 spiro atoms. The first-order chi connectivity index (χ1) is 14.2. The quantitative estimate of drug-likeness (QED) is 0.447. The van der Waals surface area contributed by atoms with E-state index in [1.54, 1.807) is 11.1 Å². The number of rotatable bonds is 2. The fourth-order valence-electron chi connectivity index (χ4n) is 3.79. The van der Waals surface area contributed by atoms with Crippen molar-refractivity contribution >= 4 is 39.6 Å². The molecule has 1 aliphatic rings. The molecule has 30 heavy (non-hydrogen) atoms. The third-order valence-corrected chi connectivity index (χ3v) is 6.62. The Hall–Kier alpha value is -2.23. The molecule has 0 atom stereocenters. The minimum absolute atomic E-state index is 0.229. The Bertz CT molecular complexity index is 1080. The van der Waals surface area contributed by atoms with Gasteiger partial charge in [-0.3, -0.25) is 4.68 Å². The molecular formula is C22H26IN5O2. The van der Waals surface area contributed by atoms with Gasteiger partial charge >= 0.3 is 6.09 Å².